The van der Waals surface area contributed by atoms with Crippen molar-refractivity contribution in [1.29, 1.82) is 0 Å². The van der Waals surface area contributed by atoms with E-state index in [1.165, 1.54) is 13.8 Å². The van der Waals surface area contributed by atoms with Crippen LogP contribution in [0.2, 0.25) is 0 Å². The van der Waals surface area contributed by atoms with Crippen molar-refractivity contribution in [3.63, 3.8) is 0 Å². The number of carbonyl (C=O) groups is 2. The number of H-pyrrole nitrogens is 1. The lowest BCUT2D eigenvalue weighted by atomic mass is 9.95. The quantitative estimate of drug-likeness (QED) is 0.606. The largest absolute Gasteiger partial charge is 0.480 e. The van der Waals surface area contributed by atoms with Crippen LogP contribution in [0.4, 0.5) is 0 Å². The molecule has 0 spiro atoms. The second-order valence-corrected chi connectivity index (χ2v) is 6.13. The van der Waals surface area contributed by atoms with Gasteiger partial charge in [0.15, 0.2) is 0 Å². The molecule has 0 aliphatic rings. The lowest BCUT2D eigenvalue weighted by molar-refractivity contribution is -0.140. The van der Waals surface area contributed by atoms with Crippen LogP contribution in [0, 0.1) is 23.7 Å². The number of rotatable bonds is 4. The minimum atomic E-state index is -1.20. The predicted octanol–water partition coefficient (Wildman–Crippen LogP) is 0.733. The van der Waals surface area contributed by atoms with Gasteiger partial charge in [-0.15, -0.1) is 0 Å². The predicted molar refractivity (Wildman–Crippen MR) is 95.9 cm³/mol. The Bertz CT molecular complexity index is 902. The van der Waals surface area contributed by atoms with E-state index in [1.807, 2.05) is 0 Å². The summed E-state index contributed by atoms with van der Waals surface area (Å²) in [4.78, 5) is 23.5. The van der Waals surface area contributed by atoms with E-state index in [0.29, 0.717) is 11.1 Å². The molecule has 0 bridgehead atoms. The number of benzene rings is 1. The number of aliphatic carboxylic acids is 1. The molecule has 1 aromatic carbocycles. The van der Waals surface area contributed by atoms with Gasteiger partial charge in [0.25, 0.3) is 5.91 Å². The number of aromatic nitrogens is 2. The third-order valence-corrected chi connectivity index (χ3v) is 3.39. The Morgan fingerprint density at radius 3 is 2.31 bits per heavy atom. The maximum Gasteiger partial charge on any atom is 0.328 e. The molecule has 0 aliphatic carbocycles. The van der Waals surface area contributed by atoms with E-state index in [1.54, 1.807) is 36.7 Å². The molecule has 0 fully saturated rings. The van der Waals surface area contributed by atoms with E-state index >= 15 is 0 Å². The van der Waals surface area contributed by atoms with E-state index < -0.39 is 23.5 Å². The van der Waals surface area contributed by atoms with Gasteiger partial charge in [0.1, 0.15) is 6.04 Å². The average Bonchev–Trinajstić information content (AvgIpc) is 3.09. The number of aromatic amines is 1. The summed E-state index contributed by atoms with van der Waals surface area (Å²) < 4.78 is 0. The summed E-state index contributed by atoms with van der Waals surface area (Å²) >= 11 is 0. The number of carboxylic acid groups (broad SMARTS) is 1. The molecule has 1 unspecified atom stereocenters. The van der Waals surface area contributed by atoms with Crippen molar-refractivity contribution in [3.05, 3.63) is 53.3 Å². The second-order valence-electron chi connectivity index (χ2n) is 6.13. The van der Waals surface area contributed by atoms with Gasteiger partial charge in [-0.2, -0.15) is 5.10 Å². The van der Waals surface area contributed by atoms with E-state index in [-0.39, 0.29) is 0 Å². The molecule has 7 heteroatoms. The van der Waals surface area contributed by atoms with Crippen LogP contribution in [-0.4, -0.2) is 38.8 Å². The number of carboxylic acids is 1. The summed E-state index contributed by atoms with van der Waals surface area (Å²) in [6.45, 7) is 3.07. The van der Waals surface area contributed by atoms with E-state index in [0.717, 1.165) is 5.56 Å². The molecule has 5 N–H and O–H groups in total. The topological polar surface area (TPSA) is 121 Å². The highest BCUT2D eigenvalue weighted by atomic mass is 16.4. The summed E-state index contributed by atoms with van der Waals surface area (Å²) in [7, 11) is 0. The number of nitrogens with zero attached hydrogens (tertiary/aromatic N) is 1. The Kier molecular flexibility index (Phi) is 5.79. The zero-order valence-corrected chi connectivity index (χ0v) is 14.3. The molecule has 1 heterocycles. The summed E-state index contributed by atoms with van der Waals surface area (Å²) in [5.74, 6) is 9.38. The van der Waals surface area contributed by atoms with E-state index in [2.05, 4.69) is 39.2 Å². The first kappa shape index (κ1) is 18.8. The smallest absolute Gasteiger partial charge is 0.328 e. The monoisotopic (exact) mass is 350 g/mol. The molecule has 26 heavy (non-hydrogen) atoms. The first-order valence-corrected chi connectivity index (χ1v) is 7.71. The third-order valence-electron chi connectivity index (χ3n) is 3.39. The van der Waals surface area contributed by atoms with Crippen molar-refractivity contribution in [2.24, 2.45) is 5.73 Å². The fraction of sp³-hybridized carbons (Fsp3) is 0.211. The Labute approximate surface area is 151 Å². The maximum atomic E-state index is 12.2. The van der Waals surface area contributed by atoms with Crippen LogP contribution >= 0.6 is 0 Å². The lowest BCUT2D eigenvalue weighted by Crippen LogP contribution is -2.58. The highest BCUT2D eigenvalue weighted by molar-refractivity contribution is 5.97. The van der Waals surface area contributed by atoms with E-state index in [9.17, 15) is 14.7 Å². The first-order chi connectivity index (χ1) is 12.3. The zero-order chi connectivity index (χ0) is 19.2. The molecule has 0 saturated carbocycles. The van der Waals surface area contributed by atoms with Gasteiger partial charge < -0.3 is 16.2 Å². The lowest BCUT2D eigenvalue weighted by Gasteiger charge is -2.27. The maximum absolute atomic E-state index is 12.2. The minimum Gasteiger partial charge on any atom is -0.480 e. The number of hydrogen-bond donors (Lipinski definition) is 4. The van der Waals surface area contributed by atoms with Crippen LogP contribution in [0.15, 0.2) is 36.7 Å². The van der Waals surface area contributed by atoms with Crippen molar-refractivity contribution >= 4 is 11.9 Å². The molecule has 1 aromatic heterocycles. The molecule has 0 saturated heterocycles. The van der Waals surface area contributed by atoms with Crippen molar-refractivity contribution in [2.75, 3.05) is 0 Å². The Morgan fingerprint density at radius 1 is 1.19 bits per heavy atom. The second kappa shape index (κ2) is 8.02. The van der Waals surface area contributed by atoms with Gasteiger partial charge in [0, 0.05) is 22.9 Å². The number of amides is 1. The highest BCUT2D eigenvalue weighted by Crippen LogP contribution is 2.08. The van der Waals surface area contributed by atoms with Gasteiger partial charge in [0.2, 0.25) is 0 Å². The van der Waals surface area contributed by atoms with Crippen molar-refractivity contribution < 1.29 is 14.7 Å². The Hall–Kier alpha value is -3.55. The van der Waals surface area contributed by atoms with Crippen LogP contribution in [-0.2, 0) is 4.79 Å². The summed E-state index contributed by atoms with van der Waals surface area (Å²) in [5, 5.41) is 18.1. The van der Waals surface area contributed by atoms with Crippen LogP contribution in [0.3, 0.4) is 0 Å². The Morgan fingerprint density at radius 2 is 1.81 bits per heavy atom. The van der Waals surface area contributed by atoms with Crippen molar-refractivity contribution in [3.8, 4) is 23.7 Å². The molecular weight excluding hydrogens is 332 g/mol. The summed E-state index contributed by atoms with van der Waals surface area (Å²) in [5.41, 5.74) is 6.44. The van der Waals surface area contributed by atoms with Crippen LogP contribution in [0.25, 0.3) is 0 Å². The van der Waals surface area contributed by atoms with Gasteiger partial charge in [-0.3, -0.25) is 9.89 Å². The Balaban J connectivity index is 2.05. The molecule has 7 nitrogen and oxygen atoms in total. The molecule has 1 amide bonds. The SMILES string of the molecule is CC(C)(N)C(NC(=O)c1ccc(C#CC#Cc2cn[nH]c2)cc1)C(=O)O. The summed E-state index contributed by atoms with van der Waals surface area (Å²) in [6, 6.07) is 5.24. The number of hydrogen-bond acceptors (Lipinski definition) is 4. The van der Waals surface area contributed by atoms with Gasteiger partial charge >= 0.3 is 5.97 Å². The molecule has 1 atom stereocenters. The number of carbonyl (C=O) groups excluding carboxylic acids is 1. The standard InChI is InChI=1S/C19H18N4O3/c1-19(2,20)16(18(25)26)23-17(24)15-9-7-13(8-10-15)5-3-4-6-14-11-21-22-12-14/h7-12,16H,20H2,1-2H3,(H,21,22)(H,23,24)(H,25,26). The van der Waals surface area contributed by atoms with E-state index in [4.69, 9.17) is 5.73 Å². The summed E-state index contributed by atoms with van der Waals surface area (Å²) in [6.07, 6.45) is 3.25. The zero-order valence-electron chi connectivity index (χ0n) is 14.3. The van der Waals surface area contributed by atoms with Crippen molar-refractivity contribution in [1.82, 2.24) is 15.5 Å². The fourth-order valence-electron chi connectivity index (χ4n) is 2.01. The molecule has 2 aromatic rings. The fourth-order valence-corrected chi connectivity index (χ4v) is 2.01. The van der Waals surface area contributed by atoms with Crippen LogP contribution in [0.5, 0.6) is 0 Å². The van der Waals surface area contributed by atoms with Crippen LogP contribution in [0.1, 0.15) is 35.3 Å². The normalized spacial score (nSPS) is 11.3. The number of nitrogens with one attached hydrogen (secondary N) is 2. The minimum absolute atomic E-state index is 0.315. The molecule has 132 valence electrons. The van der Waals surface area contributed by atoms with Gasteiger partial charge in [-0.05, 0) is 55.9 Å². The first-order valence-electron chi connectivity index (χ1n) is 7.71. The average molecular weight is 350 g/mol. The van der Waals surface area contributed by atoms with Crippen LogP contribution < -0.4 is 11.1 Å². The van der Waals surface area contributed by atoms with Gasteiger partial charge in [0.05, 0.1) is 11.8 Å². The van der Waals surface area contributed by atoms with Gasteiger partial charge in [-0.1, -0.05) is 5.92 Å². The third kappa shape index (κ3) is 5.23. The van der Waals surface area contributed by atoms with Gasteiger partial charge in [-0.25, -0.2) is 4.79 Å². The molecule has 2 rings (SSSR count). The molecule has 0 radical (unpaired) electrons. The molecular formula is C19H18N4O3. The molecule has 0 aliphatic heterocycles. The van der Waals surface area contributed by atoms with Crippen molar-refractivity contribution in [2.45, 2.75) is 25.4 Å². The number of nitrogens with two attached hydrogens (primary N) is 1. The highest BCUT2D eigenvalue weighted by Gasteiger charge is 2.33.